The first-order chi connectivity index (χ1) is 13.2. The van der Waals surface area contributed by atoms with Crippen LogP contribution < -0.4 is 10.2 Å². The SMILES string of the molecule is O=C(c1ccc(COc2ccccc2Br)o1)N1NC(=C(F)F)CC1(O)C(F)F. The number of hydrogen-bond acceptors (Lipinski definition) is 5. The lowest BCUT2D eigenvalue weighted by atomic mass is 10.1. The minimum Gasteiger partial charge on any atom is -0.484 e. The summed E-state index contributed by atoms with van der Waals surface area (Å²) in [6.07, 6.45) is -6.94. The van der Waals surface area contributed by atoms with Gasteiger partial charge in [-0.25, -0.2) is 13.8 Å². The Kier molecular flexibility index (Phi) is 5.66. The highest BCUT2D eigenvalue weighted by molar-refractivity contribution is 9.10. The topological polar surface area (TPSA) is 74.9 Å². The number of nitrogens with zero attached hydrogens (tertiary/aromatic N) is 1. The van der Waals surface area contributed by atoms with Crippen molar-refractivity contribution in [3.63, 3.8) is 0 Å². The van der Waals surface area contributed by atoms with Crippen LogP contribution in [0, 0.1) is 0 Å². The number of hydrazine groups is 1. The summed E-state index contributed by atoms with van der Waals surface area (Å²) in [6, 6.07) is 9.52. The van der Waals surface area contributed by atoms with E-state index in [0.717, 1.165) is 0 Å². The second kappa shape index (κ2) is 7.84. The van der Waals surface area contributed by atoms with Crippen molar-refractivity contribution >= 4 is 21.8 Å². The number of aliphatic hydroxyl groups is 1. The van der Waals surface area contributed by atoms with E-state index in [-0.39, 0.29) is 17.4 Å². The molecule has 1 fully saturated rings. The van der Waals surface area contributed by atoms with Gasteiger partial charge in [0.05, 0.1) is 10.9 Å². The summed E-state index contributed by atoms with van der Waals surface area (Å²) in [4.78, 5) is 12.4. The summed E-state index contributed by atoms with van der Waals surface area (Å²) in [6.45, 7) is -0.0767. The normalized spacial score (nSPS) is 19.1. The molecule has 1 saturated heterocycles. The second-order valence-corrected chi connectivity index (χ2v) is 6.69. The Morgan fingerprint density at radius 3 is 2.68 bits per heavy atom. The number of ether oxygens (including phenoxy) is 1. The molecule has 1 aromatic carbocycles. The first-order valence-corrected chi connectivity index (χ1v) is 8.63. The molecule has 2 N–H and O–H groups in total. The number of rotatable bonds is 5. The molecular formula is C17H13BrF4N2O4. The zero-order chi connectivity index (χ0) is 20.5. The Bertz CT molecular complexity index is 916. The first kappa shape index (κ1) is 20.2. The maximum Gasteiger partial charge on any atom is 0.310 e. The molecule has 0 radical (unpaired) electrons. The molecule has 1 aliphatic heterocycles. The number of furan rings is 1. The maximum absolute atomic E-state index is 13.2. The highest BCUT2D eigenvalue weighted by atomic mass is 79.9. The molecule has 11 heteroatoms. The highest BCUT2D eigenvalue weighted by Gasteiger charge is 2.54. The van der Waals surface area contributed by atoms with E-state index >= 15 is 0 Å². The molecule has 0 saturated carbocycles. The molecule has 0 spiro atoms. The monoisotopic (exact) mass is 464 g/mol. The molecule has 6 nitrogen and oxygen atoms in total. The maximum atomic E-state index is 13.2. The second-order valence-electron chi connectivity index (χ2n) is 5.83. The summed E-state index contributed by atoms with van der Waals surface area (Å²) in [5.41, 5.74) is -2.28. The molecule has 0 aliphatic carbocycles. The molecule has 1 aliphatic rings. The third kappa shape index (κ3) is 3.85. The lowest BCUT2D eigenvalue weighted by molar-refractivity contribution is -0.168. The summed E-state index contributed by atoms with van der Waals surface area (Å²) in [7, 11) is 0. The van der Waals surface area contributed by atoms with E-state index in [1.165, 1.54) is 12.1 Å². The number of carbonyl (C=O) groups is 1. The van der Waals surface area contributed by atoms with Gasteiger partial charge in [-0.15, -0.1) is 0 Å². The van der Waals surface area contributed by atoms with Gasteiger partial charge in [0, 0.05) is 0 Å². The summed E-state index contributed by atoms with van der Waals surface area (Å²) in [5, 5.41) is 10.1. The number of benzene rings is 1. The standard InChI is InChI=1S/C17H13BrF4N2O4/c18-10-3-1-2-4-12(10)27-8-9-5-6-13(28-9)15(25)24-17(26,16(21)22)7-11(23-24)14(19)20/h1-6,16,23,26H,7-8H2. The predicted molar refractivity (Wildman–Crippen MR) is 91.3 cm³/mol. The van der Waals surface area contributed by atoms with E-state index in [1.807, 2.05) is 5.43 Å². The fourth-order valence-electron chi connectivity index (χ4n) is 2.51. The minimum atomic E-state index is -3.49. The molecular weight excluding hydrogens is 452 g/mol. The Morgan fingerprint density at radius 1 is 1.32 bits per heavy atom. The van der Waals surface area contributed by atoms with Crippen molar-refractivity contribution in [2.75, 3.05) is 0 Å². The molecule has 2 heterocycles. The smallest absolute Gasteiger partial charge is 0.310 e. The molecule has 0 bridgehead atoms. The Morgan fingerprint density at radius 2 is 2.04 bits per heavy atom. The van der Waals surface area contributed by atoms with Crippen LogP contribution in [0.3, 0.4) is 0 Å². The Balaban J connectivity index is 1.76. The van der Waals surface area contributed by atoms with Gasteiger partial charge in [0.15, 0.2) is 5.76 Å². The third-order valence-electron chi connectivity index (χ3n) is 3.93. The van der Waals surface area contributed by atoms with E-state index in [4.69, 9.17) is 9.15 Å². The number of hydrogen-bond donors (Lipinski definition) is 2. The van der Waals surface area contributed by atoms with Crippen molar-refractivity contribution in [3.05, 3.63) is 64.2 Å². The van der Waals surface area contributed by atoms with Gasteiger partial charge in [-0.1, -0.05) is 12.1 Å². The van der Waals surface area contributed by atoms with Crippen LogP contribution in [0.5, 0.6) is 5.75 Å². The fraction of sp³-hybridized carbons (Fsp3) is 0.235. The van der Waals surface area contributed by atoms with Gasteiger partial charge in [0.1, 0.15) is 23.8 Å². The number of alkyl halides is 2. The quantitative estimate of drug-likeness (QED) is 0.653. The van der Waals surface area contributed by atoms with E-state index < -0.39 is 42.0 Å². The van der Waals surface area contributed by atoms with Crippen LogP contribution in [0.1, 0.15) is 22.7 Å². The van der Waals surface area contributed by atoms with E-state index in [1.54, 1.807) is 24.3 Å². The number of nitrogens with one attached hydrogen (secondary N) is 1. The van der Waals surface area contributed by atoms with Crippen LogP contribution in [-0.4, -0.2) is 28.2 Å². The molecule has 1 aromatic heterocycles. The first-order valence-electron chi connectivity index (χ1n) is 7.84. The lowest BCUT2D eigenvalue weighted by Gasteiger charge is -2.30. The van der Waals surface area contributed by atoms with Crippen LogP contribution in [-0.2, 0) is 6.61 Å². The number of para-hydroxylation sites is 1. The van der Waals surface area contributed by atoms with Gasteiger partial charge in [0.25, 0.3) is 12.5 Å². The molecule has 28 heavy (non-hydrogen) atoms. The van der Waals surface area contributed by atoms with Gasteiger partial charge in [-0.2, -0.15) is 8.78 Å². The van der Waals surface area contributed by atoms with Crippen molar-refractivity contribution in [1.82, 2.24) is 10.4 Å². The molecule has 150 valence electrons. The third-order valence-corrected chi connectivity index (χ3v) is 4.59. The molecule has 2 aromatic rings. The number of amides is 1. The number of halogens is 5. The fourth-order valence-corrected chi connectivity index (χ4v) is 2.91. The zero-order valence-corrected chi connectivity index (χ0v) is 15.6. The van der Waals surface area contributed by atoms with Crippen molar-refractivity contribution in [2.24, 2.45) is 0 Å². The van der Waals surface area contributed by atoms with Crippen LogP contribution in [0.2, 0.25) is 0 Å². The summed E-state index contributed by atoms with van der Waals surface area (Å²) < 4.78 is 63.4. The van der Waals surface area contributed by atoms with Crippen LogP contribution in [0.25, 0.3) is 0 Å². The van der Waals surface area contributed by atoms with Gasteiger partial charge < -0.3 is 14.3 Å². The molecule has 3 rings (SSSR count). The summed E-state index contributed by atoms with van der Waals surface area (Å²) in [5.74, 6) is -0.969. The van der Waals surface area contributed by atoms with Crippen LogP contribution in [0.15, 0.2) is 57.1 Å². The molecule has 1 unspecified atom stereocenters. The van der Waals surface area contributed by atoms with Crippen molar-refractivity contribution in [3.8, 4) is 5.75 Å². The van der Waals surface area contributed by atoms with Gasteiger partial charge in [0.2, 0.25) is 5.72 Å². The van der Waals surface area contributed by atoms with E-state index in [2.05, 4.69) is 15.9 Å². The average molecular weight is 465 g/mol. The summed E-state index contributed by atoms with van der Waals surface area (Å²) >= 11 is 3.30. The van der Waals surface area contributed by atoms with Gasteiger partial charge >= 0.3 is 5.91 Å². The van der Waals surface area contributed by atoms with Crippen LogP contribution in [0.4, 0.5) is 17.6 Å². The largest absolute Gasteiger partial charge is 0.484 e. The lowest BCUT2D eigenvalue weighted by Crippen LogP contribution is -2.55. The highest BCUT2D eigenvalue weighted by Crippen LogP contribution is 2.35. The van der Waals surface area contributed by atoms with E-state index in [0.29, 0.717) is 10.2 Å². The van der Waals surface area contributed by atoms with Gasteiger partial charge in [-0.05, 0) is 40.2 Å². The van der Waals surface area contributed by atoms with Crippen molar-refractivity contribution in [1.29, 1.82) is 0 Å². The Labute approximate surface area is 164 Å². The van der Waals surface area contributed by atoms with Gasteiger partial charge in [-0.3, -0.25) is 10.2 Å². The number of carbonyl (C=O) groups excluding carboxylic acids is 1. The zero-order valence-electron chi connectivity index (χ0n) is 14.0. The average Bonchev–Trinajstić information content (AvgIpc) is 3.26. The molecule has 1 amide bonds. The van der Waals surface area contributed by atoms with E-state index in [9.17, 15) is 27.5 Å². The van der Waals surface area contributed by atoms with Crippen molar-refractivity contribution < 1.29 is 36.6 Å². The Hall–Kier alpha value is -2.53. The molecule has 1 atom stereocenters. The minimum absolute atomic E-state index is 0.0451. The predicted octanol–water partition coefficient (Wildman–Crippen LogP) is 4.03. The van der Waals surface area contributed by atoms with Crippen LogP contribution >= 0.6 is 15.9 Å². The van der Waals surface area contributed by atoms with Crippen molar-refractivity contribution in [2.45, 2.75) is 25.2 Å².